The highest BCUT2D eigenvalue weighted by molar-refractivity contribution is 7.92. The quantitative estimate of drug-likeness (QED) is 0.439. The molecule has 0 fully saturated rings. The first kappa shape index (κ1) is 21.6. The van der Waals surface area contributed by atoms with Gasteiger partial charge in [0.1, 0.15) is 6.54 Å². The smallest absolute Gasteiger partial charge is 0.264 e. The molecule has 0 radical (unpaired) electrons. The third kappa shape index (κ3) is 4.50. The first-order valence-electron chi connectivity index (χ1n) is 10.3. The summed E-state index contributed by atoms with van der Waals surface area (Å²) in [5, 5.41) is 4.78. The molecule has 0 aliphatic rings. The number of rotatable bonds is 6. The molecule has 0 saturated heterocycles. The standard InChI is InChI=1S/C26H24N2O3S/c1-19-15-20(2)17-22(16-19)28(32(30,31)23-11-4-3-5-12-23)18-26(29)27-25-14-8-10-21-9-6-7-13-24(21)25/h3-17H,18H2,1-2H3,(H,27,29). The minimum absolute atomic E-state index is 0.136. The molecule has 0 aliphatic carbocycles. The summed E-state index contributed by atoms with van der Waals surface area (Å²) in [5.41, 5.74) is 2.94. The van der Waals surface area contributed by atoms with Gasteiger partial charge in [-0.15, -0.1) is 0 Å². The van der Waals surface area contributed by atoms with Crippen molar-refractivity contribution in [2.45, 2.75) is 18.7 Å². The summed E-state index contributed by atoms with van der Waals surface area (Å²) in [6, 6.07) is 27.0. The number of benzene rings is 4. The number of amides is 1. The minimum atomic E-state index is -3.94. The molecular formula is C26H24N2O3S. The lowest BCUT2D eigenvalue weighted by Crippen LogP contribution is -2.38. The summed E-state index contributed by atoms with van der Waals surface area (Å²) in [6.07, 6.45) is 0. The van der Waals surface area contributed by atoms with Gasteiger partial charge in [0, 0.05) is 11.1 Å². The van der Waals surface area contributed by atoms with Crippen LogP contribution in [-0.2, 0) is 14.8 Å². The molecule has 1 N–H and O–H groups in total. The van der Waals surface area contributed by atoms with E-state index in [4.69, 9.17) is 0 Å². The Labute approximate surface area is 188 Å². The lowest BCUT2D eigenvalue weighted by molar-refractivity contribution is -0.114. The number of hydrogen-bond donors (Lipinski definition) is 1. The molecule has 32 heavy (non-hydrogen) atoms. The highest BCUT2D eigenvalue weighted by atomic mass is 32.2. The highest BCUT2D eigenvalue weighted by Crippen LogP contribution is 2.27. The molecule has 1 amide bonds. The molecule has 0 bridgehead atoms. The van der Waals surface area contributed by atoms with Crippen LogP contribution in [0.25, 0.3) is 10.8 Å². The first-order valence-corrected chi connectivity index (χ1v) is 11.7. The average molecular weight is 445 g/mol. The number of fused-ring (bicyclic) bond motifs is 1. The minimum Gasteiger partial charge on any atom is -0.324 e. The van der Waals surface area contributed by atoms with Crippen LogP contribution in [0.3, 0.4) is 0 Å². The van der Waals surface area contributed by atoms with E-state index in [9.17, 15) is 13.2 Å². The molecule has 0 aliphatic heterocycles. The molecule has 0 unspecified atom stereocenters. The number of aryl methyl sites for hydroxylation is 2. The van der Waals surface area contributed by atoms with Gasteiger partial charge in [-0.1, -0.05) is 60.7 Å². The number of nitrogens with one attached hydrogen (secondary N) is 1. The predicted molar refractivity (Wildman–Crippen MR) is 129 cm³/mol. The van der Waals surface area contributed by atoms with Crippen molar-refractivity contribution in [3.8, 4) is 0 Å². The Balaban J connectivity index is 1.71. The molecule has 6 heteroatoms. The largest absolute Gasteiger partial charge is 0.324 e. The molecule has 0 spiro atoms. The summed E-state index contributed by atoms with van der Waals surface area (Å²) in [7, 11) is -3.94. The first-order chi connectivity index (χ1) is 15.3. The molecule has 4 aromatic rings. The summed E-state index contributed by atoms with van der Waals surface area (Å²) >= 11 is 0. The molecule has 0 atom stereocenters. The Bertz CT molecular complexity index is 1360. The molecule has 4 rings (SSSR count). The van der Waals surface area contributed by atoms with Gasteiger partial charge in [0.05, 0.1) is 10.6 Å². The van der Waals surface area contributed by atoms with Gasteiger partial charge in [-0.25, -0.2) is 8.42 Å². The SMILES string of the molecule is Cc1cc(C)cc(N(CC(=O)Nc2cccc3ccccc23)S(=O)(=O)c2ccccc2)c1. The Morgan fingerprint density at radius 1 is 0.812 bits per heavy atom. The Morgan fingerprint density at radius 2 is 1.44 bits per heavy atom. The molecule has 0 heterocycles. The van der Waals surface area contributed by atoms with Crippen LogP contribution >= 0.6 is 0 Å². The topological polar surface area (TPSA) is 66.5 Å². The van der Waals surface area contributed by atoms with Crippen molar-refractivity contribution in [2.75, 3.05) is 16.2 Å². The Kier molecular flexibility index (Phi) is 5.97. The van der Waals surface area contributed by atoms with Crippen molar-refractivity contribution in [1.82, 2.24) is 0 Å². The lowest BCUT2D eigenvalue weighted by Gasteiger charge is -2.25. The zero-order valence-corrected chi connectivity index (χ0v) is 18.8. The monoisotopic (exact) mass is 444 g/mol. The van der Waals surface area contributed by atoms with Crippen molar-refractivity contribution in [2.24, 2.45) is 0 Å². The predicted octanol–water partition coefficient (Wildman–Crippen LogP) is 5.29. The number of nitrogens with zero attached hydrogens (tertiary/aromatic N) is 1. The van der Waals surface area contributed by atoms with Crippen molar-refractivity contribution < 1.29 is 13.2 Å². The summed E-state index contributed by atoms with van der Waals surface area (Å²) in [4.78, 5) is 13.2. The molecule has 162 valence electrons. The van der Waals surface area contributed by atoms with E-state index in [1.807, 2.05) is 62.4 Å². The second-order valence-electron chi connectivity index (χ2n) is 7.75. The van der Waals surface area contributed by atoms with Crippen LogP contribution in [0.4, 0.5) is 11.4 Å². The van der Waals surface area contributed by atoms with Crippen molar-refractivity contribution in [3.63, 3.8) is 0 Å². The number of carbonyl (C=O) groups excluding carboxylic acids is 1. The number of sulfonamides is 1. The van der Waals surface area contributed by atoms with Crippen molar-refractivity contribution in [1.29, 1.82) is 0 Å². The van der Waals surface area contributed by atoms with Gasteiger partial charge in [-0.3, -0.25) is 9.10 Å². The molecular weight excluding hydrogens is 420 g/mol. The van der Waals surface area contributed by atoms with E-state index in [-0.39, 0.29) is 11.4 Å². The van der Waals surface area contributed by atoms with E-state index in [2.05, 4.69) is 5.32 Å². The van der Waals surface area contributed by atoms with Crippen LogP contribution in [0, 0.1) is 13.8 Å². The zero-order chi connectivity index (χ0) is 22.7. The summed E-state index contributed by atoms with van der Waals surface area (Å²) in [5.74, 6) is -0.417. The van der Waals surface area contributed by atoms with Gasteiger partial charge in [0.25, 0.3) is 10.0 Å². The van der Waals surface area contributed by atoms with Crippen LogP contribution in [0.1, 0.15) is 11.1 Å². The van der Waals surface area contributed by atoms with E-state index >= 15 is 0 Å². The summed E-state index contributed by atoms with van der Waals surface area (Å²) < 4.78 is 28.2. The van der Waals surface area contributed by atoms with Crippen LogP contribution in [0.2, 0.25) is 0 Å². The molecule has 5 nitrogen and oxygen atoms in total. The van der Waals surface area contributed by atoms with Gasteiger partial charge >= 0.3 is 0 Å². The third-order valence-electron chi connectivity index (χ3n) is 5.18. The zero-order valence-electron chi connectivity index (χ0n) is 17.9. The van der Waals surface area contributed by atoms with Gasteiger partial charge in [0.15, 0.2) is 0 Å². The van der Waals surface area contributed by atoms with E-state index < -0.39 is 15.9 Å². The molecule has 0 aromatic heterocycles. The lowest BCUT2D eigenvalue weighted by atomic mass is 10.1. The highest BCUT2D eigenvalue weighted by Gasteiger charge is 2.27. The molecule has 4 aromatic carbocycles. The Hall–Kier alpha value is -3.64. The van der Waals surface area contributed by atoms with Crippen LogP contribution < -0.4 is 9.62 Å². The Morgan fingerprint density at radius 3 is 2.16 bits per heavy atom. The van der Waals surface area contributed by atoms with Crippen LogP contribution in [0.15, 0.2) is 95.9 Å². The fourth-order valence-corrected chi connectivity index (χ4v) is 5.21. The number of carbonyl (C=O) groups is 1. The van der Waals surface area contributed by atoms with E-state index in [1.54, 1.807) is 30.3 Å². The maximum Gasteiger partial charge on any atom is 0.264 e. The van der Waals surface area contributed by atoms with Crippen LogP contribution in [-0.4, -0.2) is 20.9 Å². The van der Waals surface area contributed by atoms with E-state index in [0.29, 0.717) is 11.4 Å². The second kappa shape index (κ2) is 8.85. The van der Waals surface area contributed by atoms with E-state index in [1.165, 1.54) is 16.4 Å². The number of anilines is 2. The van der Waals surface area contributed by atoms with Gasteiger partial charge < -0.3 is 5.32 Å². The van der Waals surface area contributed by atoms with Crippen molar-refractivity contribution in [3.05, 3.63) is 102 Å². The van der Waals surface area contributed by atoms with Gasteiger partial charge in [-0.2, -0.15) is 0 Å². The summed E-state index contributed by atoms with van der Waals surface area (Å²) in [6.45, 7) is 3.46. The van der Waals surface area contributed by atoms with Crippen molar-refractivity contribution >= 4 is 38.1 Å². The normalized spacial score (nSPS) is 11.3. The molecule has 0 saturated carbocycles. The second-order valence-corrected chi connectivity index (χ2v) is 9.61. The van der Waals surface area contributed by atoms with Gasteiger partial charge in [0.2, 0.25) is 5.91 Å². The average Bonchev–Trinajstić information content (AvgIpc) is 2.77. The third-order valence-corrected chi connectivity index (χ3v) is 6.96. The van der Waals surface area contributed by atoms with E-state index in [0.717, 1.165) is 21.9 Å². The fourth-order valence-electron chi connectivity index (χ4n) is 3.78. The van der Waals surface area contributed by atoms with Crippen LogP contribution in [0.5, 0.6) is 0 Å². The maximum absolute atomic E-state index is 13.5. The fraction of sp³-hybridized carbons (Fsp3) is 0.115. The van der Waals surface area contributed by atoms with Gasteiger partial charge in [-0.05, 0) is 60.7 Å². The number of hydrogen-bond acceptors (Lipinski definition) is 3. The maximum atomic E-state index is 13.5.